The molecule has 0 bridgehead atoms. The zero-order valence-corrected chi connectivity index (χ0v) is 20.1. The zero-order valence-electron chi connectivity index (χ0n) is 20.1. The van der Waals surface area contributed by atoms with Crippen molar-refractivity contribution in [2.75, 3.05) is 34.9 Å². The maximum absolute atomic E-state index is 12.9. The number of fused-ring (bicyclic) bond motifs is 1. The van der Waals surface area contributed by atoms with Crippen molar-refractivity contribution >= 4 is 22.7 Å². The Hall–Kier alpha value is -4.34. The molecule has 4 aromatic rings. The summed E-state index contributed by atoms with van der Waals surface area (Å²) in [5, 5.41) is 11.8. The monoisotopic (exact) mass is 476 g/mol. The Bertz CT molecular complexity index is 1340. The summed E-state index contributed by atoms with van der Waals surface area (Å²) in [5.74, 6) is 0.430. The van der Waals surface area contributed by atoms with Crippen LogP contribution >= 0.6 is 0 Å². The smallest absolute Gasteiger partial charge is 0.273 e. The van der Waals surface area contributed by atoms with Crippen LogP contribution in [-0.4, -0.2) is 71.6 Å². The van der Waals surface area contributed by atoms with Gasteiger partial charge in [-0.15, -0.1) is 5.10 Å². The van der Waals surface area contributed by atoms with Crippen molar-refractivity contribution in [3.63, 3.8) is 0 Å². The first kappa shape index (κ1) is 23.8. The van der Waals surface area contributed by atoms with Crippen molar-refractivity contribution in [3.05, 3.63) is 71.7 Å². The molecular weight excluding hydrogens is 448 g/mol. The van der Waals surface area contributed by atoms with Crippen molar-refractivity contribution in [1.82, 2.24) is 30.2 Å². The molecular formula is C25H28N6O4. The Morgan fingerprint density at radius 1 is 1.09 bits per heavy atom. The normalized spacial score (nSPS) is 11.8. The van der Waals surface area contributed by atoms with Crippen LogP contribution in [0.25, 0.3) is 10.9 Å². The van der Waals surface area contributed by atoms with Gasteiger partial charge in [-0.25, -0.2) is 4.68 Å². The lowest BCUT2D eigenvalue weighted by molar-refractivity contribution is -0.129. The van der Waals surface area contributed by atoms with E-state index in [9.17, 15) is 9.59 Å². The quantitative estimate of drug-likeness (QED) is 0.384. The molecule has 2 aromatic carbocycles. The number of benzene rings is 2. The second-order valence-electron chi connectivity index (χ2n) is 8.22. The Balaban J connectivity index is 1.63. The molecule has 2 aromatic heterocycles. The van der Waals surface area contributed by atoms with Crippen molar-refractivity contribution in [1.29, 1.82) is 0 Å². The van der Waals surface area contributed by atoms with E-state index < -0.39 is 0 Å². The average molecular weight is 477 g/mol. The Labute approximate surface area is 202 Å². The van der Waals surface area contributed by atoms with Crippen LogP contribution in [0, 0.1) is 0 Å². The second kappa shape index (κ2) is 10.3. The van der Waals surface area contributed by atoms with Gasteiger partial charge < -0.3 is 24.7 Å². The van der Waals surface area contributed by atoms with Crippen molar-refractivity contribution in [3.8, 4) is 11.5 Å². The third-order valence-corrected chi connectivity index (χ3v) is 5.84. The van der Waals surface area contributed by atoms with Crippen molar-refractivity contribution in [2.45, 2.75) is 12.5 Å². The first-order valence-electron chi connectivity index (χ1n) is 11.1. The third kappa shape index (κ3) is 4.96. The molecule has 1 unspecified atom stereocenters. The number of amides is 2. The van der Waals surface area contributed by atoms with Gasteiger partial charge in [-0.2, -0.15) is 0 Å². The number of likely N-dealkylation sites (N-methyl/N-ethyl adjacent to an activating group) is 1. The molecule has 0 saturated heterocycles. The largest absolute Gasteiger partial charge is 0.493 e. The average Bonchev–Trinajstić information content (AvgIpc) is 3.51. The number of hydrogen-bond donors (Lipinski definition) is 2. The number of nitrogens with one attached hydrogen (secondary N) is 2. The number of rotatable bonds is 9. The number of carbonyl (C=O) groups excluding carboxylic acids is 2. The predicted octanol–water partition coefficient (Wildman–Crippen LogP) is 2.43. The van der Waals surface area contributed by atoms with E-state index in [1.165, 1.54) is 15.8 Å². The first-order valence-corrected chi connectivity index (χ1v) is 11.1. The van der Waals surface area contributed by atoms with E-state index in [1.54, 1.807) is 28.3 Å². The summed E-state index contributed by atoms with van der Waals surface area (Å²) in [6.07, 6.45) is 3.41. The highest BCUT2D eigenvalue weighted by Crippen LogP contribution is 2.40. The summed E-state index contributed by atoms with van der Waals surface area (Å²) in [5.41, 5.74) is 3.01. The van der Waals surface area contributed by atoms with Gasteiger partial charge in [0.25, 0.3) is 5.91 Å². The standard InChI is InChI=1S/C25H28N6O4/c1-30(2)23(32)15-31-14-21(28-29-31)25(33)27-13-19(17-9-7-11-22(34-3)24(17)35-4)18-12-26-20-10-6-5-8-16(18)20/h5-12,14,19,26H,13,15H2,1-4H3,(H,27,33). The van der Waals surface area contributed by atoms with Gasteiger partial charge in [0.15, 0.2) is 17.2 Å². The second-order valence-corrected chi connectivity index (χ2v) is 8.22. The van der Waals surface area contributed by atoms with Gasteiger partial charge in [0.05, 0.1) is 20.4 Å². The molecule has 10 nitrogen and oxygen atoms in total. The molecule has 10 heteroatoms. The molecule has 2 heterocycles. The minimum absolute atomic E-state index is 0.00620. The maximum Gasteiger partial charge on any atom is 0.273 e. The molecule has 1 atom stereocenters. The van der Waals surface area contributed by atoms with Crippen LogP contribution in [0.5, 0.6) is 11.5 Å². The summed E-state index contributed by atoms with van der Waals surface area (Å²) in [6.45, 7) is 0.278. The van der Waals surface area contributed by atoms with E-state index in [1.807, 2.05) is 48.7 Å². The van der Waals surface area contributed by atoms with Crippen LogP contribution in [-0.2, 0) is 11.3 Å². The van der Waals surface area contributed by atoms with Crippen LogP contribution in [0.1, 0.15) is 27.5 Å². The van der Waals surface area contributed by atoms with Crippen LogP contribution in [0.4, 0.5) is 0 Å². The molecule has 182 valence electrons. The number of para-hydroxylation sites is 2. The highest BCUT2D eigenvalue weighted by atomic mass is 16.5. The van der Waals surface area contributed by atoms with E-state index in [4.69, 9.17) is 9.47 Å². The summed E-state index contributed by atoms with van der Waals surface area (Å²) in [4.78, 5) is 29.6. The fourth-order valence-electron chi connectivity index (χ4n) is 4.00. The van der Waals surface area contributed by atoms with Crippen molar-refractivity contribution < 1.29 is 19.1 Å². The zero-order chi connectivity index (χ0) is 24.9. The van der Waals surface area contributed by atoms with E-state index in [0.717, 1.165) is 22.0 Å². The minimum Gasteiger partial charge on any atom is -0.493 e. The fourth-order valence-corrected chi connectivity index (χ4v) is 4.00. The number of hydrogen-bond acceptors (Lipinski definition) is 6. The number of methoxy groups -OCH3 is 2. The van der Waals surface area contributed by atoms with E-state index in [0.29, 0.717) is 11.5 Å². The highest BCUT2D eigenvalue weighted by molar-refractivity contribution is 5.92. The number of H-pyrrole nitrogens is 1. The molecule has 0 aliphatic carbocycles. The SMILES string of the molecule is COc1cccc(C(CNC(=O)c2cn(CC(=O)N(C)C)nn2)c2c[nH]c3ccccc23)c1OC. The molecule has 0 fully saturated rings. The lowest BCUT2D eigenvalue weighted by Crippen LogP contribution is -2.29. The lowest BCUT2D eigenvalue weighted by atomic mass is 9.89. The number of carbonyl (C=O) groups is 2. The predicted molar refractivity (Wildman–Crippen MR) is 131 cm³/mol. The molecule has 0 aliphatic rings. The Morgan fingerprint density at radius 2 is 1.89 bits per heavy atom. The summed E-state index contributed by atoms with van der Waals surface area (Å²) >= 11 is 0. The van der Waals surface area contributed by atoms with Crippen LogP contribution in [0.3, 0.4) is 0 Å². The number of ether oxygens (including phenoxy) is 2. The lowest BCUT2D eigenvalue weighted by Gasteiger charge is -2.21. The molecule has 0 spiro atoms. The first-order chi connectivity index (χ1) is 16.9. The molecule has 35 heavy (non-hydrogen) atoms. The molecule has 0 radical (unpaired) electrons. The van der Waals surface area contributed by atoms with Crippen LogP contribution < -0.4 is 14.8 Å². The number of nitrogens with zero attached hydrogens (tertiary/aromatic N) is 4. The number of aromatic amines is 1. The van der Waals surface area contributed by atoms with E-state index >= 15 is 0 Å². The molecule has 2 N–H and O–H groups in total. The van der Waals surface area contributed by atoms with Crippen LogP contribution in [0.2, 0.25) is 0 Å². The van der Waals surface area contributed by atoms with Gasteiger partial charge >= 0.3 is 0 Å². The van der Waals surface area contributed by atoms with E-state index in [2.05, 4.69) is 20.6 Å². The van der Waals surface area contributed by atoms with Gasteiger partial charge in [-0.05, 0) is 17.7 Å². The van der Waals surface area contributed by atoms with Gasteiger partial charge in [0.2, 0.25) is 5.91 Å². The molecule has 0 aliphatic heterocycles. The Kier molecular flexibility index (Phi) is 7.00. The minimum atomic E-state index is -0.389. The van der Waals surface area contributed by atoms with E-state index in [-0.39, 0.29) is 36.5 Å². The molecule has 4 rings (SSSR count). The summed E-state index contributed by atoms with van der Waals surface area (Å²) in [6, 6.07) is 13.7. The Morgan fingerprint density at radius 3 is 2.63 bits per heavy atom. The van der Waals surface area contributed by atoms with Gasteiger partial charge in [-0.3, -0.25) is 9.59 Å². The topological polar surface area (TPSA) is 114 Å². The van der Waals surface area contributed by atoms with Crippen molar-refractivity contribution in [2.24, 2.45) is 0 Å². The molecule has 2 amide bonds. The number of aromatic nitrogens is 4. The third-order valence-electron chi connectivity index (χ3n) is 5.84. The fraction of sp³-hybridized carbons (Fsp3) is 0.280. The van der Waals surface area contributed by atoms with Gasteiger partial charge in [-0.1, -0.05) is 35.5 Å². The van der Waals surface area contributed by atoms with Crippen LogP contribution in [0.15, 0.2) is 54.9 Å². The molecule has 0 saturated carbocycles. The summed E-state index contributed by atoms with van der Waals surface area (Å²) < 4.78 is 12.6. The summed E-state index contributed by atoms with van der Waals surface area (Å²) in [7, 11) is 6.50. The highest BCUT2D eigenvalue weighted by Gasteiger charge is 2.25. The van der Waals surface area contributed by atoms with Gasteiger partial charge in [0, 0.05) is 49.2 Å². The maximum atomic E-state index is 12.9. The van der Waals surface area contributed by atoms with Gasteiger partial charge in [0.1, 0.15) is 6.54 Å².